The first kappa shape index (κ1) is 27.7. The zero-order chi connectivity index (χ0) is 28.4. The van der Waals surface area contributed by atoms with Crippen LogP contribution in [0.5, 0.6) is 17.2 Å². The van der Waals surface area contributed by atoms with E-state index in [1.165, 1.54) is 12.1 Å². The molecule has 5 rings (SSSR count). The molecule has 0 aliphatic heterocycles. The first-order valence-corrected chi connectivity index (χ1v) is 13.5. The van der Waals surface area contributed by atoms with Crippen LogP contribution in [0, 0.1) is 5.92 Å². The van der Waals surface area contributed by atoms with E-state index >= 15 is 0 Å². The van der Waals surface area contributed by atoms with E-state index in [2.05, 4.69) is 0 Å². The molecule has 0 fully saturated rings. The summed E-state index contributed by atoms with van der Waals surface area (Å²) in [5, 5.41) is 0.210. The number of benzene rings is 4. The minimum absolute atomic E-state index is 0.0852. The molecule has 1 aliphatic rings. The fourth-order valence-electron chi connectivity index (χ4n) is 4.03. The Labute approximate surface area is 243 Å². The number of rotatable bonds is 10. The van der Waals surface area contributed by atoms with E-state index in [4.69, 9.17) is 30.5 Å². The van der Waals surface area contributed by atoms with Gasteiger partial charge in [0.25, 0.3) is 0 Å². The first-order valence-electron chi connectivity index (χ1n) is 13.1. The van der Waals surface area contributed by atoms with E-state index < -0.39 is 17.9 Å². The van der Waals surface area contributed by atoms with Crippen molar-refractivity contribution in [2.24, 2.45) is 5.92 Å². The van der Waals surface area contributed by atoms with Crippen molar-refractivity contribution in [3.8, 4) is 17.2 Å². The third-order valence-corrected chi connectivity index (χ3v) is 6.59. The van der Waals surface area contributed by atoms with Crippen LogP contribution in [0.3, 0.4) is 0 Å². The van der Waals surface area contributed by atoms with Gasteiger partial charge in [-0.05, 0) is 66.1 Å². The molecule has 1 aliphatic carbocycles. The first-order chi connectivity index (χ1) is 20.0. The van der Waals surface area contributed by atoms with E-state index in [1.54, 1.807) is 42.5 Å². The molecule has 0 saturated heterocycles. The molecule has 0 radical (unpaired) electrons. The predicted molar refractivity (Wildman–Crippen MR) is 156 cm³/mol. The molecule has 0 saturated carbocycles. The summed E-state index contributed by atoms with van der Waals surface area (Å²) in [6, 6.07) is 30.7. The number of hydrogen-bond donors (Lipinski definition) is 0. The van der Waals surface area contributed by atoms with Crippen molar-refractivity contribution in [3.63, 3.8) is 0 Å². The van der Waals surface area contributed by atoms with Gasteiger partial charge in [-0.3, -0.25) is 4.79 Å². The largest absolute Gasteiger partial charge is 0.489 e. The van der Waals surface area contributed by atoms with Gasteiger partial charge in [-0.2, -0.15) is 0 Å². The highest BCUT2D eigenvalue weighted by atomic mass is 35.5. The summed E-state index contributed by atoms with van der Waals surface area (Å²) in [6.07, 6.45) is 5.83. The van der Waals surface area contributed by atoms with E-state index in [0.717, 1.165) is 11.1 Å². The maximum absolute atomic E-state index is 12.8. The van der Waals surface area contributed by atoms with E-state index in [1.807, 2.05) is 66.7 Å². The minimum atomic E-state index is -0.603. The van der Waals surface area contributed by atoms with Gasteiger partial charge in [-0.15, -0.1) is 0 Å². The summed E-state index contributed by atoms with van der Waals surface area (Å²) in [6.45, 7) is 0.868. The van der Waals surface area contributed by atoms with Crippen LogP contribution < -0.4 is 14.2 Å². The number of carbonyl (C=O) groups excluding carboxylic acids is 2. The van der Waals surface area contributed by atoms with E-state index in [0.29, 0.717) is 36.7 Å². The Morgan fingerprint density at radius 3 is 2.00 bits per heavy atom. The lowest BCUT2D eigenvalue weighted by atomic mass is 10.0. The average Bonchev–Trinajstić information content (AvgIpc) is 3.02. The molecule has 0 unspecified atom stereocenters. The fraction of sp³-hybridized carbons (Fsp3) is 0.118. The molecular formula is C34H27ClO6. The molecule has 0 heterocycles. The zero-order valence-corrected chi connectivity index (χ0v) is 22.8. The summed E-state index contributed by atoms with van der Waals surface area (Å²) in [4.78, 5) is 25.5. The molecule has 0 bridgehead atoms. The molecular weight excluding hydrogens is 540 g/mol. The van der Waals surface area contributed by atoms with Gasteiger partial charge in [0.05, 0.1) is 16.5 Å². The van der Waals surface area contributed by atoms with Gasteiger partial charge < -0.3 is 18.9 Å². The van der Waals surface area contributed by atoms with Crippen LogP contribution in [0.2, 0.25) is 5.02 Å². The zero-order valence-electron chi connectivity index (χ0n) is 22.1. The smallest absolute Gasteiger partial charge is 0.343 e. The Bertz CT molecular complexity index is 1550. The van der Waals surface area contributed by atoms with Gasteiger partial charge in [0.15, 0.2) is 5.75 Å². The standard InChI is InChI=1S/C34H27ClO6/c35-31-20-19-30(40-33(36)26-11-15-28(16-12-26)38-22-24-7-3-1-4-8-24)21-32(31)41-34(37)27-13-17-29(18-14-27)39-23-25-9-5-2-6-10-25/h1-11,13-21,26H,12,22-23H2/t26-/m1/s1. The average molecular weight is 567 g/mol. The van der Waals surface area contributed by atoms with Crippen molar-refractivity contribution >= 4 is 23.5 Å². The number of ether oxygens (including phenoxy) is 4. The Morgan fingerprint density at radius 2 is 1.37 bits per heavy atom. The number of halogens is 1. The van der Waals surface area contributed by atoms with Gasteiger partial charge in [0.2, 0.25) is 0 Å². The molecule has 0 N–H and O–H groups in total. The van der Waals surface area contributed by atoms with Crippen LogP contribution in [0.1, 0.15) is 27.9 Å². The van der Waals surface area contributed by atoms with Crippen LogP contribution >= 0.6 is 11.6 Å². The molecule has 7 heteroatoms. The lowest BCUT2D eigenvalue weighted by Crippen LogP contribution is -2.20. The molecule has 41 heavy (non-hydrogen) atoms. The Balaban J connectivity index is 1.13. The van der Waals surface area contributed by atoms with Gasteiger partial charge in [-0.1, -0.05) is 78.3 Å². The van der Waals surface area contributed by atoms with Crippen molar-refractivity contribution in [3.05, 3.63) is 149 Å². The number of esters is 2. The quantitative estimate of drug-likeness (QED) is 0.144. The lowest BCUT2D eigenvalue weighted by Gasteiger charge is -2.16. The number of hydrogen-bond acceptors (Lipinski definition) is 6. The summed E-state index contributed by atoms with van der Waals surface area (Å²) in [5.74, 6) is 0.118. The van der Waals surface area contributed by atoms with Gasteiger partial charge >= 0.3 is 11.9 Å². The fourth-order valence-corrected chi connectivity index (χ4v) is 4.18. The molecule has 6 nitrogen and oxygen atoms in total. The van der Waals surface area contributed by atoms with Crippen molar-refractivity contribution in [2.45, 2.75) is 19.6 Å². The maximum Gasteiger partial charge on any atom is 0.343 e. The van der Waals surface area contributed by atoms with E-state index in [-0.39, 0.29) is 16.5 Å². The molecule has 0 amide bonds. The van der Waals surface area contributed by atoms with Crippen LogP contribution in [-0.4, -0.2) is 11.9 Å². The maximum atomic E-state index is 12.8. The second-order valence-electron chi connectivity index (χ2n) is 9.28. The van der Waals surface area contributed by atoms with Crippen molar-refractivity contribution in [1.82, 2.24) is 0 Å². The van der Waals surface area contributed by atoms with Gasteiger partial charge in [0, 0.05) is 6.07 Å². The van der Waals surface area contributed by atoms with Gasteiger partial charge in [0.1, 0.15) is 30.5 Å². The lowest BCUT2D eigenvalue weighted by molar-refractivity contribution is -0.137. The summed E-state index contributed by atoms with van der Waals surface area (Å²) in [5.41, 5.74) is 2.42. The summed E-state index contributed by atoms with van der Waals surface area (Å²) >= 11 is 6.26. The Hall–Kier alpha value is -4.81. The predicted octanol–water partition coefficient (Wildman–Crippen LogP) is 7.72. The SMILES string of the molecule is O=C(Oc1cc(OC(=O)[C@@H]2C=CC(OCc3ccccc3)=CC2)ccc1Cl)c1ccc(OCc2ccccc2)cc1. The Morgan fingerprint density at radius 1 is 0.732 bits per heavy atom. The molecule has 0 aromatic heterocycles. The number of carbonyl (C=O) groups is 2. The van der Waals surface area contributed by atoms with Crippen molar-refractivity contribution in [1.29, 1.82) is 0 Å². The van der Waals surface area contributed by atoms with Crippen molar-refractivity contribution < 1.29 is 28.5 Å². The van der Waals surface area contributed by atoms with Crippen molar-refractivity contribution in [2.75, 3.05) is 0 Å². The highest BCUT2D eigenvalue weighted by Gasteiger charge is 2.21. The second kappa shape index (κ2) is 13.5. The molecule has 0 spiro atoms. The molecule has 206 valence electrons. The van der Waals surface area contributed by atoms with Crippen LogP contribution in [-0.2, 0) is 22.7 Å². The van der Waals surface area contributed by atoms with E-state index in [9.17, 15) is 9.59 Å². The molecule has 1 atom stereocenters. The van der Waals surface area contributed by atoms with Gasteiger partial charge in [-0.25, -0.2) is 4.79 Å². The summed E-state index contributed by atoms with van der Waals surface area (Å²) < 4.78 is 22.6. The van der Waals surface area contributed by atoms with Crippen LogP contribution in [0.15, 0.2) is 127 Å². The number of allylic oxidation sites excluding steroid dienone is 2. The Kier molecular flexibility index (Phi) is 9.14. The highest BCUT2D eigenvalue weighted by Crippen LogP contribution is 2.31. The minimum Gasteiger partial charge on any atom is -0.489 e. The van der Waals surface area contributed by atoms with Crippen LogP contribution in [0.25, 0.3) is 0 Å². The molecule has 4 aromatic rings. The topological polar surface area (TPSA) is 71.1 Å². The van der Waals surface area contributed by atoms with Crippen LogP contribution in [0.4, 0.5) is 0 Å². The summed E-state index contributed by atoms with van der Waals surface area (Å²) in [7, 11) is 0. The molecule has 4 aromatic carbocycles. The normalized spacial score (nSPS) is 14.1. The second-order valence-corrected chi connectivity index (χ2v) is 9.69. The third kappa shape index (κ3) is 7.87. The third-order valence-electron chi connectivity index (χ3n) is 6.28. The highest BCUT2D eigenvalue weighted by molar-refractivity contribution is 6.32. The monoisotopic (exact) mass is 566 g/mol.